The molecule has 0 spiro atoms. The van der Waals surface area contributed by atoms with E-state index in [-0.39, 0.29) is 23.7 Å². The Morgan fingerprint density at radius 1 is 1.31 bits per heavy atom. The van der Waals surface area contributed by atoms with Crippen molar-refractivity contribution in [2.45, 2.75) is 46.8 Å². The van der Waals surface area contributed by atoms with Gasteiger partial charge in [-0.15, -0.1) is 0 Å². The fraction of sp³-hybridized carbons (Fsp3) is 0.591. The van der Waals surface area contributed by atoms with Gasteiger partial charge in [-0.25, -0.2) is 4.79 Å². The number of ether oxygens (including phenoxy) is 2. The molecule has 1 amide bonds. The Morgan fingerprint density at radius 2 is 2.00 bits per heavy atom. The molecule has 0 aromatic heterocycles. The topological polar surface area (TPSA) is 47.6 Å². The van der Waals surface area contributed by atoms with Crippen LogP contribution in [0.5, 0.6) is 0 Å². The van der Waals surface area contributed by atoms with Gasteiger partial charge in [-0.05, 0) is 38.2 Å². The molecule has 2 bridgehead atoms. The maximum Gasteiger partial charge on any atom is 0.407 e. The molecule has 5 atom stereocenters. The summed E-state index contributed by atoms with van der Waals surface area (Å²) in [4.78, 5) is 12.0. The van der Waals surface area contributed by atoms with Crippen LogP contribution in [0.15, 0.2) is 42.0 Å². The molecule has 3 unspecified atom stereocenters. The highest BCUT2D eigenvalue weighted by Gasteiger charge is 2.54. The number of nitrogens with one attached hydrogen (secondary N) is 1. The van der Waals surface area contributed by atoms with Crippen LogP contribution in [0.1, 0.15) is 46.3 Å². The first kappa shape index (κ1) is 19.0. The second kappa shape index (κ2) is 7.43. The van der Waals surface area contributed by atoms with E-state index < -0.39 is 0 Å². The van der Waals surface area contributed by atoms with Crippen LogP contribution < -0.4 is 5.32 Å². The molecule has 26 heavy (non-hydrogen) atoms. The number of alkyl carbamates (subject to hydrolysis) is 1. The molecule has 1 fully saturated rings. The first-order valence-electron chi connectivity index (χ1n) is 9.63. The molecule has 4 heteroatoms. The number of benzene rings is 1. The van der Waals surface area contributed by atoms with E-state index in [1.54, 1.807) is 0 Å². The van der Waals surface area contributed by atoms with Gasteiger partial charge in [0, 0.05) is 17.4 Å². The summed E-state index contributed by atoms with van der Waals surface area (Å²) in [5.74, 6) is 0.977. The maximum absolute atomic E-state index is 12.0. The van der Waals surface area contributed by atoms with Gasteiger partial charge in [-0.3, -0.25) is 0 Å². The predicted molar refractivity (Wildman–Crippen MR) is 103 cm³/mol. The summed E-state index contributed by atoms with van der Waals surface area (Å²) in [7, 11) is 0. The van der Waals surface area contributed by atoms with Crippen LogP contribution >= 0.6 is 0 Å². The molecule has 1 aliphatic heterocycles. The Morgan fingerprint density at radius 3 is 2.65 bits per heavy atom. The van der Waals surface area contributed by atoms with Crippen LogP contribution in [0.4, 0.5) is 4.79 Å². The fourth-order valence-electron chi connectivity index (χ4n) is 4.68. The lowest BCUT2D eigenvalue weighted by atomic mass is 9.56. The summed E-state index contributed by atoms with van der Waals surface area (Å²) in [6.45, 7) is 11.6. The Bertz CT molecular complexity index is 669. The van der Waals surface area contributed by atoms with Gasteiger partial charge >= 0.3 is 6.09 Å². The lowest BCUT2D eigenvalue weighted by molar-refractivity contribution is -0.165. The van der Waals surface area contributed by atoms with Crippen LogP contribution in [0.25, 0.3) is 0 Å². The van der Waals surface area contributed by atoms with Crippen molar-refractivity contribution in [3.63, 3.8) is 0 Å². The van der Waals surface area contributed by atoms with E-state index in [0.717, 1.165) is 0 Å². The summed E-state index contributed by atoms with van der Waals surface area (Å²) in [6, 6.07) is 10.5. The van der Waals surface area contributed by atoms with E-state index in [2.05, 4.69) is 56.4 Å². The number of hydrogen-bond acceptors (Lipinski definition) is 3. The van der Waals surface area contributed by atoms with Crippen LogP contribution in [0.3, 0.4) is 0 Å². The molecule has 1 aromatic carbocycles. The van der Waals surface area contributed by atoms with Crippen molar-refractivity contribution in [2.75, 3.05) is 13.2 Å². The minimum Gasteiger partial charge on any atom is -0.449 e. The molecule has 0 radical (unpaired) electrons. The average Bonchev–Trinajstić information content (AvgIpc) is 2.59. The van der Waals surface area contributed by atoms with Gasteiger partial charge in [-0.2, -0.15) is 0 Å². The van der Waals surface area contributed by atoms with Crippen molar-refractivity contribution in [2.24, 2.45) is 23.2 Å². The number of hydrogen-bond donors (Lipinski definition) is 1. The minimum absolute atomic E-state index is 0.0626. The maximum atomic E-state index is 12.0. The van der Waals surface area contributed by atoms with Crippen molar-refractivity contribution < 1.29 is 14.3 Å². The summed E-state index contributed by atoms with van der Waals surface area (Å²) in [5.41, 5.74) is 2.42. The Kier molecular flexibility index (Phi) is 5.42. The summed E-state index contributed by atoms with van der Waals surface area (Å²) in [6.07, 6.45) is 2.07. The molecule has 1 aliphatic carbocycles. The average molecular weight is 357 g/mol. The zero-order valence-electron chi connectivity index (χ0n) is 16.5. The number of rotatable bonds is 4. The molecular weight excluding hydrogens is 326 g/mol. The van der Waals surface area contributed by atoms with E-state index >= 15 is 0 Å². The monoisotopic (exact) mass is 357 g/mol. The molecule has 4 nitrogen and oxygen atoms in total. The van der Waals surface area contributed by atoms with Crippen molar-refractivity contribution in [3.8, 4) is 0 Å². The van der Waals surface area contributed by atoms with Crippen molar-refractivity contribution in [1.82, 2.24) is 5.32 Å². The summed E-state index contributed by atoms with van der Waals surface area (Å²) in [5, 5.41) is 2.81. The quantitative estimate of drug-likeness (QED) is 0.793. The van der Waals surface area contributed by atoms with Gasteiger partial charge in [0.2, 0.25) is 0 Å². The highest BCUT2D eigenvalue weighted by atomic mass is 16.6. The molecule has 1 aromatic rings. The lowest BCUT2D eigenvalue weighted by Crippen LogP contribution is -2.55. The van der Waals surface area contributed by atoms with Crippen molar-refractivity contribution >= 4 is 6.09 Å². The second-order valence-corrected chi connectivity index (χ2v) is 8.26. The molecule has 2 aliphatic rings. The van der Waals surface area contributed by atoms with Crippen LogP contribution in [-0.4, -0.2) is 25.3 Å². The molecular formula is C22H31NO3. The van der Waals surface area contributed by atoms with E-state index in [4.69, 9.17) is 9.47 Å². The standard InChI is InChI=1S/C22H31NO3/c1-14(2)23-21(24)26-13-22-12-25-20(18-9-7-6-8-10-18)19(17(22)5)15(3)11-16(22)4/h6-11,14,16-17,19-20H,12-13H2,1-5H3,(H,23,24)/t16?,17-,19?,20?,22-/m1/s1. The zero-order chi connectivity index (χ0) is 18.9. The first-order chi connectivity index (χ1) is 12.3. The molecule has 1 N–H and O–H groups in total. The van der Waals surface area contributed by atoms with Gasteiger partial charge in [0.25, 0.3) is 0 Å². The van der Waals surface area contributed by atoms with Crippen molar-refractivity contribution in [3.05, 3.63) is 47.5 Å². The van der Waals surface area contributed by atoms with Gasteiger partial charge in [0.1, 0.15) is 6.61 Å². The van der Waals surface area contributed by atoms with Crippen LogP contribution in [0.2, 0.25) is 0 Å². The van der Waals surface area contributed by atoms with E-state index in [1.165, 1.54) is 11.1 Å². The number of fused-ring (bicyclic) bond motifs is 2. The normalized spacial score (nSPS) is 33.5. The van der Waals surface area contributed by atoms with E-state index in [0.29, 0.717) is 31.0 Å². The Balaban J connectivity index is 1.84. The van der Waals surface area contributed by atoms with Crippen LogP contribution in [0, 0.1) is 23.2 Å². The minimum atomic E-state index is -0.346. The summed E-state index contributed by atoms with van der Waals surface area (Å²) < 4.78 is 12.0. The van der Waals surface area contributed by atoms with Crippen molar-refractivity contribution in [1.29, 1.82) is 0 Å². The molecule has 3 rings (SSSR count). The van der Waals surface area contributed by atoms with E-state index in [9.17, 15) is 4.79 Å². The lowest BCUT2D eigenvalue weighted by Gasteiger charge is -2.55. The van der Waals surface area contributed by atoms with Gasteiger partial charge < -0.3 is 14.8 Å². The van der Waals surface area contributed by atoms with Gasteiger partial charge in [-0.1, -0.05) is 55.8 Å². The Hall–Kier alpha value is -1.81. The third-order valence-electron chi connectivity index (χ3n) is 6.26. The van der Waals surface area contributed by atoms with Crippen LogP contribution in [-0.2, 0) is 9.47 Å². The zero-order valence-corrected chi connectivity index (χ0v) is 16.5. The van der Waals surface area contributed by atoms with E-state index in [1.807, 2.05) is 19.9 Å². The highest BCUT2D eigenvalue weighted by molar-refractivity contribution is 5.67. The molecule has 0 saturated carbocycles. The SMILES string of the molecule is CC1=CC(C)[C@]2(COC(=O)NC(C)C)COC(c3ccccc3)C1[C@H]2C. The number of carbonyl (C=O) groups excluding carboxylic acids is 1. The molecule has 142 valence electrons. The number of allylic oxidation sites excluding steroid dienone is 1. The predicted octanol–water partition coefficient (Wildman–Crippen LogP) is 4.73. The smallest absolute Gasteiger partial charge is 0.407 e. The highest BCUT2D eigenvalue weighted by Crippen LogP contribution is 2.56. The number of amides is 1. The van der Waals surface area contributed by atoms with Gasteiger partial charge in [0.15, 0.2) is 0 Å². The van der Waals surface area contributed by atoms with Gasteiger partial charge in [0.05, 0.1) is 12.7 Å². The fourth-order valence-corrected chi connectivity index (χ4v) is 4.68. The Labute approximate surface area is 157 Å². The first-order valence-corrected chi connectivity index (χ1v) is 9.63. The molecule has 1 heterocycles. The molecule has 1 saturated heterocycles. The second-order valence-electron chi connectivity index (χ2n) is 8.26. The third kappa shape index (κ3) is 3.39. The number of carbonyl (C=O) groups is 1. The third-order valence-corrected chi connectivity index (χ3v) is 6.26. The largest absolute Gasteiger partial charge is 0.449 e. The summed E-state index contributed by atoms with van der Waals surface area (Å²) >= 11 is 0.